The van der Waals surface area contributed by atoms with Gasteiger partial charge in [0.05, 0.1) is 10.8 Å². The number of amides is 1. The van der Waals surface area contributed by atoms with Gasteiger partial charge in [0.2, 0.25) is 15.9 Å². The molecule has 2 saturated heterocycles. The Morgan fingerprint density at radius 2 is 1.96 bits per heavy atom. The van der Waals surface area contributed by atoms with E-state index in [0.29, 0.717) is 11.4 Å². The normalized spacial score (nSPS) is 24.5. The number of carbonyl (C=O) groups is 1. The van der Waals surface area contributed by atoms with Crippen molar-refractivity contribution in [2.24, 2.45) is 5.92 Å². The molecule has 6 nitrogen and oxygen atoms in total. The van der Waals surface area contributed by atoms with E-state index in [9.17, 15) is 13.2 Å². The van der Waals surface area contributed by atoms with Crippen LogP contribution in [0, 0.1) is 5.92 Å². The highest BCUT2D eigenvalue weighted by atomic mass is 35.5. The van der Waals surface area contributed by atoms with Gasteiger partial charge in [-0.05, 0) is 37.9 Å². The zero-order valence-electron chi connectivity index (χ0n) is 14.4. The van der Waals surface area contributed by atoms with E-state index >= 15 is 0 Å². The number of sulfonamides is 1. The lowest BCUT2D eigenvalue weighted by Gasteiger charge is -2.34. The zero-order chi connectivity index (χ0) is 17.2. The van der Waals surface area contributed by atoms with Crippen molar-refractivity contribution in [3.8, 4) is 0 Å². The Bertz CT molecular complexity index is 678. The highest BCUT2D eigenvalue weighted by Gasteiger charge is 2.36. The Hall–Kier alpha value is -1.15. The number of rotatable bonds is 4. The standard InChI is InChI=1S/C17H25N3O3S.ClH/c1-19(15-9-10-18-12-15)17(21)14-6-5-11-20(13-14)24(22,23)16-7-3-2-4-8-16;/h2-4,7-8,14-15,18H,5-6,9-13H2,1H3;1H. The Balaban J connectivity index is 0.00000225. The van der Waals surface area contributed by atoms with Gasteiger partial charge >= 0.3 is 0 Å². The number of halogens is 1. The Morgan fingerprint density at radius 3 is 2.60 bits per heavy atom. The minimum Gasteiger partial charge on any atom is -0.341 e. The van der Waals surface area contributed by atoms with Crippen molar-refractivity contribution in [3.63, 3.8) is 0 Å². The third-order valence-electron chi connectivity index (χ3n) is 5.04. The first-order chi connectivity index (χ1) is 11.5. The number of likely N-dealkylation sites (N-methyl/N-ethyl adjacent to an activating group) is 1. The first-order valence-electron chi connectivity index (χ1n) is 8.53. The van der Waals surface area contributed by atoms with Gasteiger partial charge in [-0.25, -0.2) is 8.42 Å². The number of hydrogen-bond donors (Lipinski definition) is 1. The van der Waals surface area contributed by atoms with Gasteiger partial charge in [0, 0.05) is 32.7 Å². The van der Waals surface area contributed by atoms with Crippen molar-refractivity contribution < 1.29 is 13.2 Å². The van der Waals surface area contributed by atoms with E-state index < -0.39 is 10.0 Å². The fourth-order valence-corrected chi connectivity index (χ4v) is 5.09. The second-order valence-electron chi connectivity index (χ2n) is 6.61. The summed E-state index contributed by atoms with van der Waals surface area (Å²) in [6.07, 6.45) is 2.43. The highest BCUT2D eigenvalue weighted by molar-refractivity contribution is 7.89. The average Bonchev–Trinajstić information content (AvgIpc) is 3.16. The van der Waals surface area contributed by atoms with Gasteiger partial charge in [-0.1, -0.05) is 18.2 Å². The van der Waals surface area contributed by atoms with Gasteiger partial charge in [0.15, 0.2) is 0 Å². The molecule has 140 valence electrons. The van der Waals surface area contributed by atoms with Crippen LogP contribution in [0.2, 0.25) is 0 Å². The van der Waals surface area contributed by atoms with Gasteiger partial charge < -0.3 is 10.2 Å². The summed E-state index contributed by atoms with van der Waals surface area (Å²) in [5, 5.41) is 3.27. The van der Waals surface area contributed by atoms with Crippen LogP contribution in [0.15, 0.2) is 35.2 Å². The van der Waals surface area contributed by atoms with Gasteiger partial charge in [-0.2, -0.15) is 4.31 Å². The van der Waals surface area contributed by atoms with Crippen LogP contribution in [-0.2, 0) is 14.8 Å². The maximum atomic E-state index is 12.8. The van der Waals surface area contributed by atoms with E-state index in [1.54, 1.807) is 30.3 Å². The molecule has 0 aromatic heterocycles. The van der Waals surface area contributed by atoms with E-state index in [-0.39, 0.29) is 36.8 Å². The number of carbonyl (C=O) groups excluding carboxylic acids is 1. The van der Waals surface area contributed by atoms with Crippen LogP contribution in [0.1, 0.15) is 19.3 Å². The molecule has 2 aliphatic heterocycles. The SMILES string of the molecule is CN(C(=O)C1CCCN(S(=O)(=O)c2ccccc2)C1)C1CCNC1.Cl. The first-order valence-corrected chi connectivity index (χ1v) is 9.97. The lowest BCUT2D eigenvalue weighted by Crippen LogP contribution is -2.48. The summed E-state index contributed by atoms with van der Waals surface area (Å²) >= 11 is 0. The van der Waals surface area contributed by atoms with Gasteiger partial charge in [0.1, 0.15) is 0 Å². The molecule has 2 heterocycles. The second kappa shape index (κ2) is 8.49. The molecule has 2 unspecified atom stereocenters. The number of hydrogen-bond acceptors (Lipinski definition) is 4. The fourth-order valence-electron chi connectivity index (χ4n) is 3.54. The summed E-state index contributed by atoms with van der Waals surface area (Å²) in [6.45, 7) is 2.51. The molecular formula is C17H26ClN3O3S. The molecule has 2 fully saturated rings. The van der Waals surface area contributed by atoms with Crippen LogP contribution >= 0.6 is 12.4 Å². The summed E-state index contributed by atoms with van der Waals surface area (Å²) in [6, 6.07) is 8.68. The third-order valence-corrected chi connectivity index (χ3v) is 6.92. The number of piperidine rings is 1. The topological polar surface area (TPSA) is 69.7 Å². The maximum Gasteiger partial charge on any atom is 0.243 e. The number of nitrogens with one attached hydrogen (secondary N) is 1. The molecule has 2 aliphatic rings. The molecule has 3 rings (SSSR count). The van der Waals surface area contributed by atoms with Crippen molar-refractivity contribution in [3.05, 3.63) is 30.3 Å². The van der Waals surface area contributed by atoms with E-state index in [0.717, 1.165) is 32.4 Å². The van der Waals surface area contributed by atoms with Crippen molar-refractivity contribution in [2.45, 2.75) is 30.2 Å². The van der Waals surface area contributed by atoms with Crippen LogP contribution in [0.25, 0.3) is 0 Å². The summed E-state index contributed by atoms with van der Waals surface area (Å²) in [5.41, 5.74) is 0. The van der Waals surface area contributed by atoms with Crippen molar-refractivity contribution >= 4 is 28.3 Å². The second-order valence-corrected chi connectivity index (χ2v) is 8.55. The fraction of sp³-hybridized carbons (Fsp3) is 0.588. The van der Waals surface area contributed by atoms with Gasteiger partial charge in [0.25, 0.3) is 0 Å². The predicted octanol–water partition coefficient (Wildman–Crippen LogP) is 1.33. The summed E-state index contributed by atoms with van der Waals surface area (Å²) in [5.74, 6) is -0.181. The summed E-state index contributed by atoms with van der Waals surface area (Å²) in [7, 11) is -1.69. The minimum absolute atomic E-state index is 0. The van der Waals surface area contributed by atoms with Gasteiger partial charge in [-0.3, -0.25) is 4.79 Å². The molecule has 1 aromatic carbocycles. The van der Waals surface area contributed by atoms with E-state index in [4.69, 9.17) is 0 Å². The molecule has 1 N–H and O–H groups in total. The zero-order valence-corrected chi connectivity index (χ0v) is 16.1. The lowest BCUT2D eigenvalue weighted by atomic mass is 9.97. The van der Waals surface area contributed by atoms with Crippen LogP contribution < -0.4 is 5.32 Å². The maximum absolute atomic E-state index is 12.8. The highest BCUT2D eigenvalue weighted by Crippen LogP contribution is 2.25. The smallest absolute Gasteiger partial charge is 0.243 e. The molecule has 8 heteroatoms. The van der Waals surface area contributed by atoms with Gasteiger partial charge in [-0.15, -0.1) is 12.4 Å². The molecular weight excluding hydrogens is 362 g/mol. The van der Waals surface area contributed by atoms with E-state index in [2.05, 4.69) is 5.32 Å². The van der Waals surface area contributed by atoms with Crippen LogP contribution in [0.5, 0.6) is 0 Å². The monoisotopic (exact) mass is 387 g/mol. The molecule has 1 aromatic rings. The van der Waals surface area contributed by atoms with Crippen LogP contribution in [-0.4, -0.2) is 62.8 Å². The van der Waals surface area contributed by atoms with Crippen molar-refractivity contribution in [1.29, 1.82) is 0 Å². The molecule has 0 aliphatic carbocycles. The quantitative estimate of drug-likeness (QED) is 0.846. The molecule has 0 saturated carbocycles. The minimum atomic E-state index is -3.52. The van der Waals surface area contributed by atoms with E-state index in [1.165, 1.54) is 4.31 Å². The van der Waals surface area contributed by atoms with Crippen LogP contribution in [0.3, 0.4) is 0 Å². The Morgan fingerprint density at radius 1 is 1.24 bits per heavy atom. The number of benzene rings is 1. The number of nitrogens with zero attached hydrogens (tertiary/aromatic N) is 2. The first kappa shape index (κ1) is 20.2. The molecule has 1 amide bonds. The molecule has 0 spiro atoms. The average molecular weight is 388 g/mol. The third kappa shape index (κ3) is 4.34. The van der Waals surface area contributed by atoms with Crippen LogP contribution in [0.4, 0.5) is 0 Å². The molecule has 0 bridgehead atoms. The molecule has 0 radical (unpaired) electrons. The summed E-state index contributed by atoms with van der Waals surface area (Å²) in [4.78, 5) is 14.9. The largest absolute Gasteiger partial charge is 0.341 e. The van der Waals surface area contributed by atoms with E-state index in [1.807, 2.05) is 11.9 Å². The lowest BCUT2D eigenvalue weighted by molar-refractivity contribution is -0.137. The predicted molar refractivity (Wildman–Crippen MR) is 99.2 cm³/mol. The van der Waals surface area contributed by atoms with Crippen molar-refractivity contribution in [2.75, 3.05) is 33.2 Å². The van der Waals surface area contributed by atoms with Crippen molar-refractivity contribution in [1.82, 2.24) is 14.5 Å². The molecule has 2 atom stereocenters. The Kier molecular flexibility index (Phi) is 6.85. The summed E-state index contributed by atoms with van der Waals surface area (Å²) < 4.78 is 27.0. The molecule has 25 heavy (non-hydrogen) atoms. The Labute approximate surface area is 156 Å².